The van der Waals surface area contributed by atoms with Crippen molar-refractivity contribution in [2.24, 2.45) is 5.10 Å². The molecular weight excluding hydrogens is 570 g/mol. The van der Waals surface area contributed by atoms with Gasteiger partial charge in [-0.25, -0.2) is 4.98 Å². The predicted molar refractivity (Wildman–Crippen MR) is 161 cm³/mol. The highest BCUT2D eigenvalue weighted by Crippen LogP contribution is 2.32. The Morgan fingerprint density at radius 1 is 1.05 bits per heavy atom. The molecule has 0 aliphatic heterocycles. The van der Waals surface area contributed by atoms with Crippen molar-refractivity contribution in [2.75, 3.05) is 0 Å². The van der Waals surface area contributed by atoms with Gasteiger partial charge in [0.05, 0.1) is 22.0 Å². The Kier molecular flexibility index (Phi) is 7.06. The van der Waals surface area contributed by atoms with Gasteiger partial charge in [0.1, 0.15) is 5.82 Å². The molecule has 6 rings (SSSR count). The van der Waals surface area contributed by atoms with Crippen LogP contribution in [0.15, 0.2) is 81.1 Å². The second-order valence-corrected chi connectivity index (χ2v) is 11.3. The highest BCUT2D eigenvalue weighted by molar-refractivity contribution is 9.10. The van der Waals surface area contributed by atoms with Crippen LogP contribution in [0, 0.1) is 17.0 Å². The van der Waals surface area contributed by atoms with Crippen LogP contribution in [0.5, 0.6) is 0 Å². The third-order valence-electron chi connectivity index (χ3n) is 7.85. The molecule has 0 unspecified atom stereocenters. The molecule has 0 spiro atoms. The van der Waals surface area contributed by atoms with Crippen molar-refractivity contribution in [2.45, 2.75) is 51.5 Å². The molecule has 2 aromatic heterocycles. The van der Waals surface area contributed by atoms with Gasteiger partial charge in [0.2, 0.25) is 0 Å². The van der Waals surface area contributed by atoms with Gasteiger partial charge in [0, 0.05) is 51.2 Å². The average Bonchev–Trinajstić information content (AvgIpc) is 3.23. The number of nitro groups is 1. The van der Waals surface area contributed by atoms with Crippen molar-refractivity contribution >= 4 is 49.6 Å². The average molecular weight is 599 g/mol. The fraction of sp³-hybridized carbons (Fsp3) is 0.258. The third kappa shape index (κ3) is 4.86. The molecule has 2 heterocycles. The van der Waals surface area contributed by atoms with Crippen LogP contribution in [-0.2, 0) is 6.54 Å². The maximum Gasteiger partial charge on any atom is 0.282 e. The van der Waals surface area contributed by atoms with Gasteiger partial charge in [-0.15, -0.1) is 0 Å². The molecule has 1 aliphatic carbocycles. The van der Waals surface area contributed by atoms with Gasteiger partial charge in [-0.2, -0.15) is 9.78 Å². The molecule has 3 aromatic carbocycles. The first kappa shape index (κ1) is 26.1. The Morgan fingerprint density at radius 3 is 2.65 bits per heavy atom. The van der Waals surface area contributed by atoms with E-state index in [0.29, 0.717) is 23.3 Å². The summed E-state index contributed by atoms with van der Waals surface area (Å²) >= 11 is 3.49. The van der Waals surface area contributed by atoms with Crippen LogP contribution >= 0.6 is 15.9 Å². The maximum atomic E-state index is 13.8. The fourth-order valence-electron chi connectivity index (χ4n) is 5.79. The van der Waals surface area contributed by atoms with Crippen molar-refractivity contribution in [3.05, 3.63) is 114 Å². The van der Waals surface area contributed by atoms with E-state index < -0.39 is 0 Å². The summed E-state index contributed by atoms with van der Waals surface area (Å²) in [6.45, 7) is 2.49. The van der Waals surface area contributed by atoms with Crippen LogP contribution in [-0.4, -0.2) is 25.4 Å². The molecular formula is C31H28BrN5O3. The van der Waals surface area contributed by atoms with E-state index in [1.54, 1.807) is 24.4 Å². The zero-order valence-electron chi connectivity index (χ0n) is 22.1. The lowest BCUT2D eigenvalue weighted by molar-refractivity contribution is -0.384. The molecule has 1 fully saturated rings. The molecule has 0 radical (unpaired) electrons. The molecule has 0 amide bonds. The summed E-state index contributed by atoms with van der Waals surface area (Å²) in [6.07, 6.45) is 7.19. The maximum absolute atomic E-state index is 13.8. The SMILES string of the molecule is Cc1c(C=Nn2c(C3CCCCC3)nc3ccc(Br)cc3c2=O)c2ccccc2n1Cc1cccc([N+](=O)[O-])c1. The van der Waals surface area contributed by atoms with Gasteiger partial charge in [0.15, 0.2) is 0 Å². The summed E-state index contributed by atoms with van der Waals surface area (Å²) in [6, 6.07) is 20.3. The molecule has 1 aliphatic rings. The second kappa shape index (κ2) is 10.8. The van der Waals surface area contributed by atoms with Gasteiger partial charge < -0.3 is 4.57 Å². The third-order valence-corrected chi connectivity index (χ3v) is 8.34. The minimum absolute atomic E-state index is 0.0680. The minimum atomic E-state index is -0.375. The van der Waals surface area contributed by atoms with E-state index in [0.717, 1.165) is 57.9 Å². The first-order valence-electron chi connectivity index (χ1n) is 13.5. The molecule has 8 nitrogen and oxygen atoms in total. The van der Waals surface area contributed by atoms with Crippen LogP contribution in [0.4, 0.5) is 5.69 Å². The molecule has 40 heavy (non-hydrogen) atoms. The Labute approximate surface area is 239 Å². The number of hydrogen-bond acceptors (Lipinski definition) is 5. The summed E-state index contributed by atoms with van der Waals surface area (Å²) in [5, 5.41) is 17.6. The highest BCUT2D eigenvalue weighted by atomic mass is 79.9. The molecule has 5 aromatic rings. The number of nitro benzene ring substituents is 1. The van der Waals surface area contributed by atoms with Gasteiger partial charge in [-0.05, 0) is 49.6 Å². The van der Waals surface area contributed by atoms with Gasteiger partial charge >= 0.3 is 0 Å². The zero-order valence-corrected chi connectivity index (χ0v) is 23.7. The summed E-state index contributed by atoms with van der Waals surface area (Å²) in [5.41, 5.74) is 4.26. The molecule has 0 atom stereocenters. The van der Waals surface area contributed by atoms with E-state index in [9.17, 15) is 14.9 Å². The number of halogens is 1. The lowest BCUT2D eigenvalue weighted by Crippen LogP contribution is -2.25. The Bertz CT molecular complexity index is 1850. The summed E-state index contributed by atoms with van der Waals surface area (Å²) in [5.74, 6) is 0.900. The van der Waals surface area contributed by atoms with Crippen LogP contribution in [0.3, 0.4) is 0 Å². The van der Waals surface area contributed by atoms with Gasteiger partial charge in [-0.3, -0.25) is 14.9 Å². The molecule has 9 heteroatoms. The predicted octanol–water partition coefficient (Wildman–Crippen LogP) is 7.31. The number of aromatic nitrogens is 3. The monoisotopic (exact) mass is 597 g/mol. The normalized spacial score (nSPS) is 14.4. The van der Waals surface area contributed by atoms with Crippen molar-refractivity contribution in [3.63, 3.8) is 0 Å². The highest BCUT2D eigenvalue weighted by Gasteiger charge is 2.23. The number of hydrogen-bond donors (Lipinski definition) is 0. The van der Waals surface area contributed by atoms with E-state index in [2.05, 4.69) is 20.5 Å². The van der Waals surface area contributed by atoms with Crippen molar-refractivity contribution in [1.29, 1.82) is 0 Å². The number of rotatable bonds is 6. The lowest BCUT2D eigenvalue weighted by atomic mass is 9.88. The second-order valence-electron chi connectivity index (χ2n) is 10.4. The van der Waals surface area contributed by atoms with Crippen molar-refractivity contribution in [1.82, 2.24) is 14.2 Å². The van der Waals surface area contributed by atoms with Crippen LogP contribution in [0.25, 0.3) is 21.8 Å². The molecule has 0 bridgehead atoms. The smallest absolute Gasteiger partial charge is 0.282 e. The molecule has 0 saturated heterocycles. The topological polar surface area (TPSA) is 95.3 Å². The summed E-state index contributed by atoms with van der Waals surface area (Å²) in [4.78, 5) is 29.7. The minimum Gasteiger partial charge on any atom is -0.340 e. The Balaban J connectivity index is 1.48. The van der Waals surface area contributed by atoms with Gasteiger partial charge in [-0.1, -0.05) is 65.5 Å². The quantitative estimate of drug-likeness (QED) is 0.116. The van der Waals surface area contributed by atoms with Crippen molar-refractivity contribution < 1.29 is 4.92 Å². The largest absolute Gasteiger partial charge is 0.340 e. The van der Waals surface area contributed by atoms with Crippen molar-refractivity contribution in [3.8, 4) is 0 Å². The van der Waals surface area contributed by atoms with E-state index in [1.165, 1.54) is 17.2 Å². The molecule has 1 saturated carbocycles. The fourth-order valence-corrected chi connectivity index (χ4v) is 6.15. The van der Waals surface area contributed by atoms with Gasteiger partial charge in [0.25, 0.3) is 11.2 Å². The molecule has 0 N–H and O–H groups in total. The standard InChI is InChI=1S/C31H28BrN5O3/c1-20-27(25-12-5-6-13-29(25)35(20)19-21-8-7-11-24(16-21)37(39)40)18-33-36-30(22-9-3-2-4-10-22)34-28-15-14-23(32)17-26(28)31(36)38/h5-8,11-18,22H,2-4,9-10,19H2,1H3. The number of benzene rings is 3. The molecule has 202 valence electrons. The van der Waals surface area contributed by atoms with Crippen LogP contribution in [0.2, 0.25) is 0 Å². The van der Waals surface area contributed by atoms with E-state index >= 15 is 0 Å². The van der Waals surface area contributed by atoms with E-state index in [1.807, 2.05) is 49.4 Å². The number of fused-ring (bicyclic) bond motifs is 2. The van der Waals surface area contributed by atoms with E-state index in [4.69, 9.17) is 10.1 Å². The Hall–Kier alpha value is -4.11. The number of nitrogens with zero attached hydrogens (tertiary/aromatic N) is 5. The number of non-ortho nitro benzene ring substituents is 1. The lowest BCUT2D eigenvalue weighted by Gasteiger charge is -2.22. The van der Waals surface area contributed by atoms with Crippen LogP contribution in [0.1, 0.15) is 60.7 Å². The summed E-state index contributed by atoms with van der Waals surface area (Å²) < 4.78 is 4.45. The number of para-hydroxylation sites is 1. The Morgan fingerprint density at radius 2 is 1.85 bits per heavy atom. The first-order chi connectivity index (χ1) is 19.4. The summed E-state index contributed by atoms with van der Waals surface area (Å²) in [7, 11) is 0. The zero-order chi connectivity index (χ0) is 27.8. The van der Waals surface area contributed by atoms with E-state index in [-0.39, 0.29) is 22.1 Å². The first-order valence-corrected chi connectivity index (χ1v) is 14.3. The van der Waals surface area contributed by atoms with Crippen LogP contribution < -0.4 is 5.56 Å².